The van der Waals surface area contributed by atoms with Crippen molar-refractivity contribution in [2.24, 2.45) is 0 Å². The van der Waals surface area contributed by atoms with E-state index in [2.05, 4.69) is 0 Å². The lowest BCUT2D eigenvalue weighted by Crippen LogP contribution is -2.24. The highest BCUT2D eigenvalue weighted by atomic mass is 32.3. The molecule has 2 aromatic rings. The van der Waals surface area contributed by atoms with Crippen molar-refractivity contribution in [1.82, 2.24) is 4.98 Å². The zero-order valence-corrected chi connectivity index (χ0v) is 31.5. The van der Waals surface area contributed by atoms with Gasteiger partial charge in [-0.2, -0.15) is 0 Å². The number of benzene rings is 1. The molecule has 1 heterocycles. The van der Waals surface area contributed by atoms with E-state index in [1.807, 2.05) is 92.2 Å². The van der Waals surface area contributed by atoms with Gasteiger partial charge in [-0.05, 0) is 80.0 Å². The highest BCUT2D eigenvalue weighted by Crippen LogP contribution is 2.76. The molecule has 0 N–H and O–H groups in total. The monoisotopic (exact) mass is 707 g/mol. The summed E-state index contributed by atoms with van der Waals surface area (Å²) in [4.78, 5) is 4.82. The summed E-state index contributed by atoms with van der Waals surface area (Å²) in [5.74, 6) is 1.24. The highest BCUT2D eigenvalue weighted by molar-refractivity contribution is 8.41. The predicted molar refractivity (Wildman–Crippen MR) is 184 cm³/mol. The molecule has 15 heteroatoms. The molecule has 0 aliphatic heterocycles. The van der Waals surface area contributed by atoms with Crippen molar-refractivity contribution in [3.63, 3.8) is 0 Å². The summed E-state index contributed by atoms with van der Waals surface area (Å²) in [7, 11) is -7.06. The van der Waals surface area contributed by atoms with Gasteiger partial charge in [-0.15, -0.1) is 58.4 Å². The molecule has 0 saturated heterocycles. The molecule has 0 bridgehead atoms. The van der Waals surface area contributed by atoms with E-state index in [-0.39, 0.29) is 28.7 Å². The van der Waals surface area contributed by atoms with Crippen molar-refractivity contribution in [3.05, 3.63) is 24.3 Å². The van der Waals surface area contributed by atoms with E-state index in [0.717, 1.165) is 14.6 Å². The first-order valence-corrected chi connectivity index (χ1v) is 22.3. The molecule has 2 rings (SSSR count). The third kappa shape index (κ3) is 10.7. The average molecular weight is 708 g/mol. The van der Waals surface area contributed by atoms with E-state index in [1.54, 1.807) is 11.3 Å². The van der Waals surface area contributed by atoms with Crippen molar-refractivity contribution < 1.29 is 27.2 Å². The second-order valence-corrected chi connectivity index (χ2v) is 23.5. The van der Waals surface area contributed by atoms with Crippen LogP contribution in [0.2, 0.25) is 0 Å². The minimum absolute atomic E-state index is 0.226. The van der Waals surface area contributed by atoms with Crippen LogP contribution in [0.3, 0.4) is 0 Å². The summed E-state index contributed by atoms with van der Waals surface area (Å²) >= 11 is 9.01. The van der Waals surface area contributed by atoms with Gasteiger partial charge in [0.1, 0.15) is 0 Å². The number of nitrogens with zero attached hydrogens (tertiary/aromatic N) is 1. The lowest BCUT2D eigenvalue weighted by molar-refractivity contribution is 0.142. The second kappa shape index (κ2) is 17.0. The fourth-order valence-corrected chi connectivity index (χ4v) is 18.6. The Balaban J connectivity index is 2.36. The Morgan fingerprint density at radius 2 is 1.40 bits per heavy atom. The molecule has 1 aromatic heterocycles. The minimum Gasteiger partial charge on any atom is -0.304 e. The highest BCUT2D eigenvalue weighted by Gasteiger charge is 2.54. The Bertz CT molecular complexity index is 1090. The predicted octanol–water partition coefficient (Wildman–Crippen LogP) is 10.6. The first kappa shape index (κ1) is 37.3. The molecule has 0 amide bonds. The summed E-state index contributed by atoms with van der Waals surface area (Å²) in [6, 6.07) is 7.97. The summed E-state index contributed by atoms with van der Waals surface area (Å²) in [6.07, 6.45) is 2.81. The van der Waals surface area contributed by atoms with Gasteiger partial charge in [0, 0.05) is 11.5 Å². The van der Waals surface area contributed by atoms with Crippen LogP contribution >= 0.6 is 85.3 Å². The molecule has 7 nitrogen and oxygen atoms in total. The van der Waals surface area contributed by atoms with Crippen LogP contribution in [0.4, 0.5) is 0 Å². The Morgan fingerprint density at radius 1 is 0.850 bits per heavy atom. The normalized spacial score (nSPS) is 15.6. The molecule has 0 fully saturated rings. The van der Waals surface area contributed by atoms with Crippen LogP contribution in [0.5, 0.6) is 0 Å². The van der Waals surface area contributed by atoms with Crippen LogP contribution in [0.25, 0.3) is 10.2 Å². The van der Waals surface area contributed by atoms with E-state index >= 15 is 0 Å². The third-order valence-electron chi connectivity index (χ3n) is 4.59. The molecule has 0 aliphatic rings. The number of hydrogen-bond donors (Lipinski definition) is 0. The van der Waals surface area contributed by atoms with Crippen molar-refractivity contribution in [2.75, 3.05) is 24.0 Å². The fourth-order valence-electron chi connectivity index (χ4n) is 3.41. The topological polar surface area (TPSA) is 84.0 Å². The maximum Gasteiger partial charge on any atom is 0.367 e. The smallest absolute Gasteiger partial charge is 0.304 e. The van der Waals surface area contributed by atoms with Crippen LogP contribution in [-0.2, 0) is 27.2 Å². The van der Waals surface area contributed by atoms with Crippen molar-refractivity contribution in [1.29, 1.82) is 0 Å². The van der Waals surface area contributed by atoms with Crippen LogP contribution in [0.15, 0.2) is 28.6 Å². The van der Waals surface area contributed by atoms with Crippen LogP contribution < -0.4 is 0 Å². The van der Waals surface area contributed by atoms with Crippen molar-refractivity contribution in [2.45, 2.75) is 91.6 Å². The van der Waals surface area contributed by atoms with Gasteiger partial charge in [-0.1, -0.05) is 23.9 Å². The van der Waals surface area contributed by atoms with E-state index in [0.29, 0.717) is 11.5 Å². The number of rotatable bonds is 19. The SMILES string of the molecule is CSC(SCCSC(SC)(Sc1nc2ccccc2s1)P(=O)(OC(C)C)OC(C)C)P(=O)(OC(C)C)OC(C)C. The molecule has 2 atom stereocenters. The summed E-state index contributed by atoms with van der Waals surface area (Å²) in [5.41, 5.74) is 0.906. The molecule has 0 spiro atoms. The summed E-state index contributed by atoms with van der Waals surface area (Å²) < 4.78 is 52.9. The zero-order valence-electron chi connectivity index (χ0n) is 24.9. The number of hydrogen-bond acceptors (Lipinski definition) is 13. The molecule has 0 saturated carbocycles. The molecule has 0 radical (unpaired) electrons. The lowest BCUT2D eigenvalue weighted by Gasteiger charge is -2.38. The second-order valence-electron chi connectivity index (χ2n) is 9.69. The molecular weight excluding hydrogens is 665 g/mol. The third-order valence-corrected chi connectivity index (χ3v) is 22.2. The zero-order chi connectivity index (χ0) is 30.1. The molecule has 40 heavy (non-hydrogen) atoms. The van der Waals surface area contributed by atoms with Crippen LogP contribution in [0.1, 0.15) is 55.4 Å². The lowest BCUT2D eigenvalue weighted by atomic mass is 10.3. The Labute approximate surface area is 266 Å². The van der Waals surface area contributed by atoms with Gasteiger partial charge < -0.3 is 18.1 Å². The van der Waals surface area contributed by atoms with E-state index in [1.165, 1.54) is 58.8 Å². The van der Waals surface area contributed by atoms with Crippen molar-refractivity contribution in [3.8, 4) is 0 Å². The van der Waals surface area contributed by atoms with E-state index in [9.17, 15) is 9.13 Å². The number of aromatic nitrogens is 1. The number of thiazole rings is 1. The van der Waals surface area contributed by atoms with E-state index in [4.69, 9.17) is 23.1 Å². The maximum absolute atomic E-state index is 14.7. The Morgan fingerprint density at radius 3 is 1.88 bits per heavy atom. The van der Waals surface area contributed by atoms with Crippen LogP contribution in [-0.4, -0.2) is 60.9 Å². The first-order chi connectivity index (χ1) is 18.7. The first-order valence-electron chi connectivity index (χ1n) is 13.0. The van der Waals surface area contributed by atoms with Crippen LogP contribution in [0, 0.1) is 0 Å². The maximum atomic E-state index is 14.7. The fraction of sp³-hybridized carbons (Fsp3) is 0.720. The minimum atomic E-state index is -3.69. The summed E-state index contributed by atoms with van der Waals surface area (Å²) in [5, 5.41) is 0. The van der Waals surface area contributed by atoms with Gasteiger partial charge in [0.2, 0.25) is 3.15 Å². The van der Waals surface area contributed by atoms with E-state index < -0.39 is 18.3 Å². The average Bonchev–Trinajstić information content (AvgIpc) is 3.23. The molecule has 1 aromatic carbocycles. The van der Waals surface area contributed by atoms with Gasteiger partial charge in [0.25, 0.3) is 0 Å². The Kier molecular flexibility index (Phi) is 15.9. The standard InChI is InChI=1S/C25H43NO6P2S6/c1-17(2)29-33(27,30-18(3)4)24(35-9)37-15-16-38-25(36-10,34(28,31-19(5)6)32-20(7)8)40-23-26-21-13-11-12-14-22(21)39-23/h11-14,17-20,24H,15-16H2,1-10H3. The molecule has 2 unspecified atom stereocenters. The number of fused-ring (bicyclic) bond motifs is 1. The van der Waals surface area contributed by atoms with Crippen molar-refractivity contribution >= 4 is 95.6 Å². The van der Waals surface area contributed by atoms with Gasteiger partial charge >= 0.3 is 15.2 Å². The molecule has 0 aliphatic carbocycles. The quantitative estimate of drug-likeness (QED) is 0.0603. The molecule has 230 valence electrons. The van der Waals surface area contributed by atoms with Gasteiger partial charge in [0.15, 0.2) is 8.66 Å². The van der Waals surface area contributed by atoms with Gasteiger partial charge in [-0.3, -0.25) is 9.13 Å². The number of thioether (sulfide) groups is 5. The van der Waals surface area contributed by atoms with Gasteiger partial charge in [0.05, 0.1) is 34.6 Å². The Hall–Kier alpha value is 1.16. The molecular formula is C25H43NO6P2S6. The summed E-state index contributed by atoms with van der Waals surface area (Å²) in [6.45, 7) is 14.9. The largest absolute Gasteiger partial charge is 0.367 e. The van der Waals surface area contributed by atoms with Gasteiger partial charge in [-0.25, -0.2) is 4.98 Å². The number of para-hydroxylation sites is 1.